The topological polar surface area (TPSA) is 99.9 Å². The molecule has 0 atom stereocenters. The van der Waals surface area contributed by atoms with Crippen LogP contribution in [0.15, 0.2) is 28.9 Å². The number of aryl methyl sites for hydroxylation is 1. The number of rotatable bonds is 7. The van der Waals surface area contributed by atoms with Gasteiger partial charge < -0.3 is 5.73 Å². The number of unbranched alkanes of at least 4 members (excludes halogenated alkanes) is 1. The molecule has 7 nitrogen and oxygen atoms in total. The number of nitrogens with two attached hydrogens (primary N) is 1. The number of nitro groups is 1. The number of halogens is 1. The lowest BCUT2D eigenvalue weighted by Gasteiger charge is -2.04. The van der Waals surface area contributed by atoms with Crippen molar-refractivity contribution in [2.75, 3.05) is 6.54 Å². The molecule has 0 unspecified atom stereocenters. The third kappa shape index (κ3) is 4.08. The molecule has 112 valence electrons. The van der Waals surface area contributed by atoms with E-state index < -0.39 is 4.92 Å². The first-order chi connectivity index (χ1) is 10.1. The molecule has 0 amide bonds. The van der Waals surface area contributed by atoms with E-state index in [1.54, 1.807) is 10.7 Å². The van der Waals surface area contributed by atoms with E-state index in [2.05, 4.69) is 26.2 Å². The van der Waals surface area contributed by atoms with Gasteiger partial charge in [-0.15, -0.1) is 5.10 Å². The SMILES string of the molecule is NCCCCc1cn(Cc2cccc([N+](=O)[O-])c2Br)nn1. The van der Waals surface area contributed by atoms with Gasteiger partial charge in [-0.1, -0.05) is 17.3 Å². The van der Waals surface area contributed by atoms with Crippen molar-refractivity contribution in [2.45, 2.75) is 25.8 Å². The fourth-order valence-electron chi connectivity index (χ4n) is 1.98. The van der Waals surface area contributed by atoms with Crippen molar-refractivity contribution in [3.63, 3.8) is 0 Å². The van der Waals surface area contributed by atoms with Crippen LogP contribution in [0, 0.1) is 10.1 Å². The molecule has 1 aromatic carbocycles. The van der Waals surface area contributed by atoms with Crippen molar-refractivity contribution in [3.05, 3.63) is 50.2 Å². The molecule has 0 aliphatic carbocycles. The van der Waals surface area contributed by atoms with Crippen LogP contribution in [0.2, 0.25) is 0 Å². The Bertz CT molecular complexity index is 629. The second kappa shape index (κ2) is 7.28. The van der Waals surface area contributed by atoms with Gasteiger partial charge in [0.15, 0.2) is 0 Å². The highest BCUT2D eigenvalue weighted by Gasteiger charge is 2.15. The largest absolute Gasteiger partial charge is 0.330 e. The van der Waals surface area contributed by atoms with Crippen LogP contribution in [0.1, 0.15) is 24.1 Å². The van der Waals surface area contributed by atoms with Crippen LogP contribution in [0.5, 0.6) is 0 Å². The summed E-state index contributed by atoms with van der Waals surface area (Å²) in [7, 11) is 0. The van der Waals surface area contributed by atoms with Gasteiger partial charge in [0.25, 0.3) is 5.69 Å². The summed E-state index contributed by atoms with van der Waals surface area (Å²) >= 11 is 3.28. The van der Waals surface area contributed by atoms with Crippen LogP contribution in [0.3, 0.4) is 0 Å². The standard InChI is InChI=1S/C13H16BrN5O2/c14-13-10(4-3-6-12(13)19(20)21)8-18-9-11(16-17-18)5-1-2-7-15/h3-4,6,9H,1-2,5,7-8,15H2. The highest BCUT2D eigenvalue weighted by atomic mass is 79.9. The van der Waals surface area contributed by atoms with E-state index in [4.69, 9.17) is 5.73 Å². The summed E-state index contributed by atoms with van der Waals surface area (Å²) in [5, 5.41) is 19.1. The maximum absolute atomic E-state index is 10.9. The smallest absolute Gasteiger partial charge is 0.283 e. The van der Waals surface area contributed by atoms with Gasteiger partial charge in [0.05, 0.1) is 17.2 Å². The maximum Gasteiger partial charge on any atom is 0.283 e. The first-order valence-electron chi connectivity index (χ1n) is 6.62. The monoisotopic (exact) mass is 353 g/mol. The molecule has 1 heterocycles. The maximum atomic E-state index is 10.9. The van der Waals surface area contributed by atoms with Gasteiger partial charge in [0.2, 0.25) is 0 Å². The molecule has 0 saturated carbocycles. The second-order valence-electron chi connectivity index (χ2n) is 4.66. The highest BCUT2D eigenvalue weighted by molar-refractivity contribution is 9.10. The van der Waals surface area contributed by atoms with E-state index in [1.165, 1.54) is 6.07 Å². The fraction of sp³-hybridized carbons (Fsp3) is 0.385. The lowest BCUT2D eigenvalue weighted by atomic mass is 10.2. The van der Waals surface area contributed by atoms with Crippen LogP contribution in [-0.2, 0) is 13.0 Å². The van der Waals surface area contributed by atoms with E-state index in [1.807, 2.05) is 12.3 Å². The fourth-order valence-corrected chi connectivity index (χ4v) is 2.52. The summed E-state index contributed by atoms with van der Waals surface area (Å²) in [4.78, 5) is 10.5. The van der Waals surface area contributed by atoms with E-state index in [0.717, 1.165) is 30.5 Å². The first kappa shape index (κ1) is 15.6. The average molecular weight is 354 g/mol. The number of nitro benzene ring substituents is 1. The Morgan fingerprint density at radius 1 is 1.38 bits per heavy atom. The molecule has 21 heavy (non-hydrogen) atoms. The Morgan fingerprint density at radius 3 is 2.90 bits per heavy atom. The van der Waals surface area contributed by atoms with Gasteiger partial charge in [-0.05, 0) is 47.3 Å². The minimum Gasteiger partial charge on any atom is -0.330 e. The number of benzene rings is 1. The van der Waals surface area contributed by atoms with Gasteiger partial charge in [0.1, 0.15) is 4.47 Å². The molecule has 0 fully saturated rings. The zero-order valence-corrected chi connectivity index (χ0v) is 13.0. The third-order valence-electron chi connectivity index (χ3n) is 3.06. The van der Waals surface area contributed by atoms with Gasteiger partial charge in [0, 0.05) is 12.3 Å². The van der Waals surface area contributed by atoms with Crippen molar-refractivity contribution in [1.82, 2.24) is 15.0 Å². The molecule has 0 spiro atoms. The van der Waals surface area contributed by atoms with Crippen molar-refractivity contribution in [3.8, 4) is 0 Å². The summed E-state index contributed by atoms with van der Waals surface area (Å²) in [6.45, 7) is 1.11. The summed E-state index contributed by atoms with van der Waals surface area (Å²) < 4.78 is 2.16. The molecule has 0 saturated heterocycles. The number of aromatic nitrogens is 3. The normalized spacial score (nSPS) is 10.8. The van der Waals surface area contributed by atoms with Gasteiger partial charge in [-0.2, -0.15) is 0 Å². The van der Waals surface area contributed by atoms with Crippen LogP contribution in [0.4, 0.5) is 5.69 Å². The van der Waals surface area contributed by atoms with Gasteiger partial charge >= 0.3 is 0 Å². The first-order valence-corrected chi connectivity index (χ1v) is 7.42. The van der Waals surface area contributed by atoms with Crippen LogP contribution in [-0.4, -0.2) is 26.5 Å². The van der Waals surface area contributed by atoms with Crippen molar-refractivity contribution in [2.24, 2.45) is 5.73 Å². The van der Waals surface area contributed by atoms with Crippen molar-refractivity contribution in [1.29, 1.82) is 0 Å². The molecule has 8 heteroatoms. The molecule has 2 aromatic rings. The zero-order chi connectivity index (χ0) is 15.2. The molecule has 2 N–H and O–H groups in total. The van der Waals surface area contributed by atoms with Gasteiger partial charge in [-0.3, -0.25) is 10.1 Å². The Kier molecular flexibility index (Phi) is 5.40. The minimum absolute atomic E-state index is 0.0517. The van der Waals surface area contributed by atoms with Crippen LogP contribution in [0.25, 0.3) is 0 Å². The van der Waals surface area contributed by atoms with E-state index in [9.17, 15) is 10.1 Å². The van der Waals surface area contributed by atoms with Crippen LogP contribution < -0.4 is 5.73 Å². The molecule has 1 aromatic heterocycles. The Balaban J connectivity index is 2.08. The molecule has 2 rings (SSSR count). The molecule has 0 bridgehead atoms. The quantitative estimate of drug-likeness (QED) is 0.467. The third-order valence-corrected chi connectivity index (χ3v) is 3.98. The molecular weight excluding hydrogens is 338 g/mol. The predicted molar refractivity (Wildman–Crippen MR) is 81.9 cm³/mol. The van der Waals surface area contributed by atoms with Crippen LogP contribution >= 0.6 is 15.9 Å². The average Bonchev–Trinajstić information content (AvgIpc) is 2.89. The molecule has 0 aliphatic heterocycles. The zero-order valence-electron chi connectivity index (χ0n) is 11.4. The number of hydrogen-bond acceptors (Lipinski definition) is 5. The van der Waals surface area contributed by atoms with Crippen molar-refractivity contribution >= 4 is 21.6 Å². The Morgan fingerprint density at radius 2 is 2.19 bits per heavy atom. The Hall–Kier alpha value is -1.80. The van der Waals surface area contributed by atoms with E-state index in [0.29, 0.717) is 17.6 Å². The lowest BCUT2D eigenvalue weighted by molar-refractivity contribution is -0.385. The predicted octanol–water partition coefficient (Wildman–Crippen LogP) is 2.28. The highest BCUT2D eigenvalue weighted by Crippen LogP contribution is 2.28. The summed E-state index contributed by atoms with van der Waals surface area (Å²) in [5.41, 5.74) is 7.21. The van der Waals surface area contributed by atoms with E-state index >= 15 is 0 Å². The second-order valence-corrected chi connectivity index (χ2v) is 5.45. The summed E-state index contributed by atoms with van der Waals surface area (Å²) in [6, 6.07) is 4.96. The van der Waals surface area contributed by atoms with E-state index in [-0.39, 0.29) is 5.69 Å². The summed E-state index contributed by atoms with van der Waals surface area (Å²) in [5.74, 6) is 0. The van der Waals surface area contributed by atoms with Gasteiger partial charge in [-0.25, -0.2) is 4.68 Å². The lowest BCUT2D eigenvalue weighted by Crippen LogP contribution is -2.02. The molecule has 0 radical (unpaired) electrons. The summed E-state index contributed by atoms with van der Waals surface area (Å²) in [6.07, 6.45) is 4.65. The Labute approximate surface area is 130 Å². The molecule has 0 aliphatic rings. The number of hydrogen-bond donors (Lipinski definition) is 1. The van der Waals surface area contributed by atoms with Crippen molar-refractivity contribution < 1.29 is 4.92 Å². The minimum atomic E-state index is -0.410. The number of nitrogens with zero attached hydrogens (tertiary/aromatic N) is 4. The molecular formula is C13H16BrN5O2.